The fourth-order valence-electron chi connectivity index (χ4n) is 7.64. The summed E-state index contributed by atoms with van der Waals surface area (Å²) < 4.78 is 23.0. The summed E-state index contributed by atoms with van der Waals surface area (Å²) in [6.07, 6.45) is 4.66. The minimum Gasteiger partial charge on any atom is -0.465 e. The molecule has 1 amide bonds. The number of aromatic nitrogens is 2. The van der Waals surface area contributed by atoms with Crippen LogP contribution in [0, 0.1) is 11.7 Å². The van der Waals surface area contributed by atoms with Gasteiger partial charge >= 0.3 is 5.97 Å². The number of methoxy groups -OCH3 is 1. The Labute approximate surface area is 245 Å². The van der Waals surface area contributed by atoms with E-state index in [-0.39, 0.29) is 22.9 Å². The molecule has 2 aliphatic heterocycles. The van der Waals surface area contributed by atoms with Crippen LogP contribution in [0.1, 0.15) is 57.6 Å². The second kappa shape index (κ2) is 8.77. The first-order valence-electron chi connectivity index (χ1n) is 13.7. The van der Waals surface area contributed by atoms with Crippen molar-refractivity contribution in [3.8, 4) is 0 Å². The number of hydrogen-bond acceptors (Lipinski definition) is 5. The molecule has 4 aliphatic rings. The number of carbonyl (C=O) groups is 2. The summed E-state index contributed by atoms with van der Waals surface area (Å²) in [4.78, 5) is 34.0. The summed E-state index contributed by atoms with van der Waals surface area (Å²) in [5.74, 6) is -1.60. The van der Waals surface area contributed by atoms with Gasteiger partial charge in [-0.05, 0) is 54.7 Å². The van der Waals surface area contributed by atoms with Crippen LogP contribution in [-0.4, -0.2) is 45.9 Å². The highest BCUT2D eigenvalue weighted by Gasteiger charge is 2.69. The average molecular weight is 591 g/mol. The molecule has 8 rings (SSSR count). The third-order valence-electron chi connectivity index (χ3n) is 9.43. The lowest BCUT2D eigenvalue weighted by atomic mass is 9.71. The molecule has 2 aromatic carbocycles. The molecule has 7 nitrogen and oxygen atoms in total. The molecule has 41 heavy (non-hydrogen) atoms. The van der Waals surface area contributed by atoms with Crippen LogP contribution < -0.4 is 5.32 Å². The van der Waals surface area contributed by atoms with E-state index in [1.165, 1.54) is 13.2 Å². The Balaban J connectivity index is 1.40. The van der Waals surface area contributed by atoms with E-state index in [4.69, 9.17) is 32.9 Å². The monoisotopic (exact) mass is 590 g/mol. The lowest BCUT2D eigenvalue weighted by Crippen LogP contribution is -2.53. The van der Waals surface area contributed by atoms with Gasteiger partial charge < -0.3 is 14.5 Å². The SMILES string of the molecule is COC(=O)c1ccn2c3c(nc2c1)[C@@H]1C(C3)N(CC2CC2)[C@@]2(C(=O)Nc3cc(Cl)ccc32)[C@H]1c1cccc(Cl)c1F. The summed E-state index contributed by atoms with van der Waals surface area (Å²) >= 11 is 12.7. The van der Waals surface area contributed by atoms with Gasteiger partial charge in [0.05, 0.1) is 23.4 Å². The van der Waals surface area contributed by atoms with Crippen LogP contribution in [0.2, 0.25) is 10.0 Å². The minimum absolute atomic E-state index is 0.0144. The lowest BCUT2D eigenvalue weighted by Gasteiger charge is -2.40. The number of nitrogens with zero attached hydrogens (tertiary/aromatic N) is 3. The lowest BCUT2D eigenvalue weighted by molar-refractivity contribution is -0.128. The van der Waals surface area contributed by atoms with Gasteiger partial charge in [0, 0.05) is 59.0 Å². The third kappa shape index (κ3) is 3.38. The molecule has 4 aromatic rings. The molecule has 1 spiro atoms. The molecule has 0 bridgehead atoms. The number of halogens is 3. The van der Waals surface area contributed by atoms with Crippen molar-refractivity contribution in [3.05, 3.63) is 98.7 Å². The molecule has 1 saturated carbocycles. The largest absolute Gasteiger partial charge is 0.465 e. The minimum atomic E-state index is -1.17. The number of benzene rings is 2. The van der Waals surface area contributed by atoms with Crippen molar-refractivity contribution >= 4 is 46.4 Å². The van der Waals surface area contributed by atoms with Gasteiger partial charge in [-0.2, -0.15) is 0 Å². The average Bonchev–Trinajstić information content (AvgIpc) is 3.41. The Hall–Kier alpha value is -3.46. The standard InChI is InChI=1S/C31H25Cl2FN4O3/c1-41-29(39)16-9-10-37-23-13-22-25(28(23)36-24(37)11-16)26(18-3-2-4-20(33)27(18)34)31(38(22)14-15-5-6-15)19-8-7-17(32)12-21(19)35-30(31)40/h2-4,7-12,15,22,25-26H,5-6,13-14H2,1H3,(H,35,40)/t22?,25-,26+,31-/m1/s1. The molecule has 2 fully saturated rings. The van der Waals surface area contributed by atoms with E-state index in [0.29, 0.717) is 46.4 Å². The van der Waals surface area contributed by atoms with Gasteiger partial charge in [0.25, 0.3) is 0 Å². The Morgan fingerprint density at radius 3 is 2.80 bits per heavy atom. The van der Waals surface area contributed by atoms with Gasteiger partial charge in [-0.25, -0.2) is 14.2 Å². The number of carbonyl (C=O) groups excluding carboxylic acids is 2. The van der Waals surface area contributed by atoms with E-state index in [1.807, 2.05) is 16.7 Å². The predicted molar refractivity (Wildman–Crippen MR) is 152 cm³/mol. The van der Waals surface area contributed by atoms with Gasteiger partial charge in [-0.15, -0.1) is 0 Å². The van der Waals surface area contributed by atoms with Crippen LogP contribution >= 0.6 is 23.2 Å². The van der Waals surface area contributed by atoms with Crippen LogP contribution in [0.5, 0.6) is 0 Å². The van der Waals surface area contributed by atoms with Crippen molar-refractivity contribution in [2.75, 3.05) is 19.0 Å². The number of likely N-dealkylation sites (tertiary alicyclic amines) is 1. The van der Waals surface area contributed by atoms with E-state index in [2.05, 4.69) is 10.2 Å². The number of hydrogen-bond donors (Lipinski definition) is 1. The van der Waals surface area contributed by atoms with Crippen LogP contribution in [0.4, 0.5) is 10.1 Å². The number of pyridine rings is 1. The number of ether oxygens (including phenoxy) is 1. The zero-order chi connectivity index (χ0) is 28.2. The molecule has 1 saturated heterocycles. The summed E-state index contributed by atoms with van der Waals surface area (Å²) in [6, 6.07) is 13.8. The van der Waals surface area contributed by atoms with Crippen LogP contribution in [-0.2, 0) is 21.5 Å². The normalized spacial score (nSPS) is 26.3. The van der Waals surface area contributed by atoms with Gasteiger partial charge in [0.2, 0.25) is 5.91 Å². The smallest absolute Gasteiger partial charge is 0.338 e. The van der Waals surface area contributed by atoms with E-state index >= 15 is 4.39 Å². The molecule has 10 heteroatoms. The maximum atomic E-state index is 16.1. The predicted octanol–water partition coefficient (Wildman–Crippen LogP) is 5.93. The van der Waals surface area contributed by atoms with Crippen molar-refractivity contribution in [2.24, 2.45) is 5.92 Å². The van der Waals surface area contributed by atoms with E-state index in [0.717, 1.165) is 29.8 Å². The van der Waals surface area contributed by atoms with Crippen LogP contribution in [0.15, 0.2) is 54.7 Å². The van der Waals surface area contributed by atoms with Crippen LogP contribution in [0.3, 0.4) is 0 Å². The van der Waals surface area contributed by atoms with Gasteiger partial charge in [0.15, 0.2) is 0 Å². The highest BCUT2D eigenvalue weighted by atomic mass is 35.5. The van der Waals surface area contributed by atoms with Crippen molar-refractivity contribution in [1.29, 1.82) is 0 Å². The molecule has 1 unspecified atom stereocenters. The number of anilines is 1. The quantitative estimate of drug-likeness (QED) is 0.298. The van der Waals surface area contributed by atoms with Gasteiger partial charge in [-0.1, -0.05) is 41.4 Å². The number of imidazole rings is 1. The van der Waals surface area contributed by atoms with Crippen molar-refractivity contribution in [2.45, 2.75) is 42.7 Å². The number of esters is 1. The number of fused-ring (bicyclic) bond motifs is 7. The van der Waals surface area contributed by atoms with E-state index < -0.39 is 23.2 Å². The summed E-state index contributed by atoms with van der Waals surface area (Å²) in [5, 5.41) is 3.63. The Bertz CT molecular complexity index is 1800. The van der Waals surface area contributed by atoms with Crippen molar-refractivity contribution in [1.82, 2.24) is 14.3 Å². The molecular formula is C31H25Cl2FN4O3. The number of amides is 1. The fraction of sp³-hybridized carbons (Fsp3) is 0.323. The van der Waals surface area contributed by atoms with Crippen molar-refractivity contribution < 1.29 is 18.7 Å². The van der Waals surface area contributed by atoms with Gasteiger partial charge in [-0.3, -0.25) is 9.69 Å². The molecule has 208 valence electrons. The Morgan fingerprint density at radius 2 is 2.02 bits per heavy atom. The summed E-state index contributed by atoms with van der Waals surface area (Å²) in [5.41, 5.74) is 3.49. The first-order chi connectivity index (χ1) is 19.8. The van der Waals surface area contributed by atoms with Crippen LogP contribution in [0.25, 0.3) is 5.65 Å². The molecule has 1 N–H and O–H groups in total. The maximum absolute atomic E-state index is 16.1. The molecule has 2 aliphatic carbocycles. The highest BCUT2D eigenvalue weighted by molar-refractivity contribution is 6.31. The van der Waals surface area contributed by atoms with E-state index in [9.17, 15) is 9.59 Å². The Morgan fingerprint density at radius 1 is 1.20 bits per heavy atom. The number of rotatable bonds is 4. The third-order valence-corrected chi connectivity index (χ3v) is 9.95. The second-order valence-corrected chi connectivity index (χ2v) is 12.3. The topological polar surface area (TPSA) is 75.9 Å². The van der Waals surface area contributed by atoms with E-state index in [1.54, 1.807) is 36.4 Å². The molecule has 0 radical (unpaired) electrons. The fourth-order valence-corrected chi connectivity index (χ4v) is 8.00. The first kappa shape index (κ1) is 25.3. The zero-order valence-corrected chi connectivity index (χ0v) is 23.5. The molecule has 4 heterocycles. The zero-order valence-electron chi connectivity index (χ0n) is 22.0. The highest BCUT2D eigenvalue weighted by Crippen LogP contribution is 2.65. The Kier molecular flexibility index (Phi) is 5.40. The van der Waals surface area contributed by atoms with Crippen molar-refractivity contribution in [3.63, 3.8) is 0 Å². The second-order valence-electron chi connectivity index (χ2n) is 11.5. The molecular weight excluding hydrogens is 566 g/mol. The number of nitrogens with one attached hydrogen (secondary N) is 1. The first-order valence-corrected chi connectivity index (χ1v) is 14.5. The summed E-state index contributed by atoms with van der Waals surface area (Å²) in [6.45, 7) is 0.717. The molecule has 2 aromatic heterocycles. The summed E-state index contributed by atoms with van der Waals surface area (Å²) in [7, 11) is 1.34. The maximum Gasteiger partial charge on any atom is 0.338 e. The van der Waals surface area contributed by atoms with Gasteiger partial charge in [0.1, 0.15) is 17.0 Å². The molecule has 4 atom stereocenters.